The monoisotopic (exact) mass is 550 g/mol. The number of hydrogen-bond donors (Lipinski definition) is 3. The van der Waals surface area contributed by atoms with Gasteiger partial charge in [-0.1, -0.05) is 44.6 Å². The molecule has 4 rings (SSSR count). The average molecular weight is 551 g/mol. The molecule has 1 aromatic carbocycles. The third kappa shape index (κ3) is 6.60. The highest BCUT2D eigenvalue weighted by atomic mass is 16.5. The first kappa shape index (κ1) is 29.8. The third-order valence-corrected chi connectivity index (χ3v) is 8.41. The molecule has 1 aromatic rings. The summed E-state index contributed by atoms with van der Waals surface area (Å²) in [6.07, 6.45) is 9.91. The van der Waals surface area contributed by atoms with Gasteiger partial charge in [0.1, 0.15) is 17.8 Å². The Morgan fingerprint density at radius 2 is 1.93 bits per heavy atom. The van der Waals surface area contributed by atoms with Crippen LogP contribution in [0.2, 0.25) is 0 Å². The van der Waals surface area contributed by atoms with Gasteiger partial charge in [-0.25, -0.2) is 0 Å². The smallest absolute Gasteiger partial charge is 0.246 e. The lowest BCUT2D eigenvalue weighted by atomic mass is 9.82. The number of amides is 3. The van der Waals surface area contributed by atoms with Crippen LogP contribution in [0.5, 0.6) is 5.75 Å². The van der Waals surface area contributed by atoms with Crippen molar-refractivity contribution in [2.24, 2.45) is 5.41 Å². The summed E-state index contributed by atoms with van der Waals surface area (Å²) in [7, 11) is 1.71. The summed E-state index contributed by atoms with van der Waals surface area (Å²) in [5.74, 6) is 0.0930. The summed E-state index contributed by atoms with van der Waals surface area (Å²) >= 11 is 0. The van der Waals surface area contributed by atoms with Gasteiger partial charge in [-0.15, -0.1) is 0 Å². The number of nitrogens with one attached hydrogen (secondary N) is 3. The van der Waals surface area contributed by atoms with Crippen molar-refractivity contribution in [3.05, 3.63) is 52.6 Å². The number of allylic oxidation sites excluding steroid dienone is 2. The predicted molar refractivity (Wildman–Crippen MR) is 157 cm³/mol. The third-order valence-electron chi connectivity index (χ3n) is 8.41. The number of carbonyl (C=O) groups excluding carboxylic acids is 3. The van der Waals surface area contributed by atoms with Crippen LogP contribution in [0, 0.1) is 5.41 Å². The zero-order chi connectivity index (χ0) is 29.0. The molecule has 0 aromatic heterocycles. The van der Waals surface area contributed by atoms with Crippen LogP contribution in [0.1, 0.15) is 77.8 Å². The summed E-state index contributed by atoms with van der Waals surface area (Å²) in [6.45, 7) is 10.3. The normalized spacial score (nSPS) is 22.1. The van der Waals surface area contributed by atoms with Gasteiger partial charge in [-0.3, -0.25) is 14.4 Å². The minimum Gasteiger partial charge on any atom is -0.494 e. The molecule has 4 atom stereocenters. The topological polar surface area (TPSA) is 99.8 Å². The number of hydrogen-bond acceptors (Lipinski definition) is 5. The Hall–Kier alpha value is -3.13. The van der Waals surface area contributed by atoms with E-state index in [0.717, 1.165) is 49.0 Å². The van der Waals surface area contributed by atoms with E-state index in [-0.39, 0.29) is 30.3 Å². The van der Waals surface area contributed by atoms with E-state index in [1.165, 1.54) is 11.1 Å². The van der Waals surface area contributed by atoms with Crippen molar-refractivity contribution < 1.29 is 19.1 Å². The van der Waals surface area contributed by atoms with Crippen molar-refractivity contribution in [3.8, 4) is 5.75 Å². The molecule has 218 valence electrons. The first-order valence-corrected chi connectivity index (χ1v) is 14.7. The van der Waals surface area contributed by atoms with Gasteiger partial charge in [-0.05, 0) is 87.2 Å². The molecule has 0 bridgehead atoms. The quantitative estimate of drug-likeness (QED) is 0.457. The van der Waals surface area contributed by atoms with Gasteiger partial charge in [-0.2, -0.15) is 0 Å². The van der Waals surface area contributed by atoms with Crippen LogP contribution in [0.3, 0.4) is 0 Å². The van der Waals surface area contributed by atoms with Crippen LogP contribution in [0.15, 0.2) is 41.5 Å². The molecule has 1 aliphatic heterocycles. The van der Waals surface area contributed by atoms with Crippen LogP contribution in [-0.2, 0) is 27.3 Å². The van der Waals surface area contributed by atoms with Gasteiger partial charge in [0.05, 0.1) is 18.7 Å². The Labute approximate surface area is 239 Å². The molecule has 0 fully saturated rings. The Morgan fingerprint density at radius 3 is 2.62 bits per heavy atom. The van der Waals surface area contributed by atoms with Gasteiger partial charge in [0.2, 0.25) is 17.7 Å². The zero-order valence-electron chi connectivity index (χ0n) is 24.9. The number of nitrogens with zero attached hydrogens (tertiary/aromatic N) is 1. The first-order chi connectivity index (χ1) is 19.0. The van der Waals surface area contributed by atoms with Crippen LogP contribution >= 0.6 is 0 Å². The van der Waals surface area contributed by atoms with Crippen molar-refractivity contribution >= 4 is 17.7 Å². The summed E-state index contributed by atoms with van der Waals surface area (Å²) in [5, 5.41) is 9.23. The van der Waals surface area contributed by atoms with Crippen molar-refractivity contribution in [1.82, 2.24) is 20.9 Å². The molecular weight excluding hydrogens is 504 g/mol. The number of carbonyl (C=O) groups is 3. The van der Waals surface area contributed by atoms with E-state index < -0.39 is 23.5 Å². The van der Waals surface area contributed by atoms with E-state index in [9.17, 15) is 14.4 Å². The molecule has 3 N–H and O–H groups in total. The Morgan fingerprint density at radius 1 is 1.15 bits per heavy atom. The van der Waals surface area contributed by atoms with Gasteiger partial charge in [0.25, 0.3) is 0 Å². The van der Waals surface area contributed by atoms with Crippen LogP contribution in [0.4, 0.5) is 0 Å². The highest BCUT2D eigenvalue weighted by Crippen LogP contribution is 2.34. The fraction of sp³-hybridized carbons (Fsp3) is 0.594. The average Bonchev–Trinajstić information content (AvgIpc) is 2.94. The highest BCUT2D eigenvalue weighted by Gasteiger charge is 2.43. The summed E-state index contributed by atoms with van der Waals surface area (Å²) in [5.41, 5.74) is 4.11. The van der Waals surface area contributed by atoms with E-state index >= 15 is 0 Å². The molecule has 2 unspecified atom stereocenters. The molecule has 8 heteroatoms. The molecule has 1 heterocycles. The Balaban J connectivity index is 1.66. The number of rotatable bonds is 8. The molecular formula is C32H46N4O4. The van der Waals surface area contributed by atoms with Crippen molar-refractivity contribution in [2.75, 3.05) is 13.7 Å². The van der Waals surface area contributed by atoms with Crippen LogP contribution in [-0.4, -0.2) is 60.4 Å². The molecule has 0 saturated carbocycles. The fourth-order valence-electron chi connectivity index (χ4n) is 5.95. The van der Waals surface area contributed by atoms with E-state index in [1.54, 1.807) is 18.9 Å². The van der Waals surface area contributed by atoms with E-state index in [2.05, 4.69) is 28.1 Å². The molecule has 0 radical (unpaired) electrons. The lowest BCUT2D eigenvalue weighted by Crippen LogP contribution is -2.62. The van der Waals surface area contributed by atoms with Crippen molar-refractivity contribution in [2.45, 2.75) is 104 Å². The van der Waals surface area contributed by atoms with Crippen molar-refractivity contribution in [1.29, 1.82) is 0 Å². The standard InChI is InChI=1S/C32H46N4O4/c1-7-40-24-16-15-22-18-27(30(38)34-26-14-10-12-21-11-8-9-13-25(21)26)36(19-23(22)17-24)31(39)28(32(3,4)5)35-29(37)20(2)33-6/h9,13,15-17,20,26-28,33H,7-8,10-12,14,18-19H2,1-6H3,(H,34,38)(H,35,37)/t20-,26?,27?,28+/m0/s1. The SMILES string of the molecule is CCOc1ccc2c(c1)CN(C(=O)[C@@H](NC(=O)[C@H](C)NC)C(C)(C)C)C(C(=O)NC1CCCC3=C1C=CCC3)C2. The molecule has 2 aliphatic carbocycles. The lowest BCUT2D eigenvalue weighted by molar-refractivity contribution is -0.147. The van der Waals surface area contributed by atoms with Crippen LogP contribution < -0.4 is 20.7 Å². The number of likely N-dealkylation sites (N-methyl/N-ethyl adjacent to an activating group) is 1. The maximum Gasteiger partial charge on any atom is 0.246 e. The zero-order valence-corrected chi connectivity index (χ0v) is 24.9. The maximum absolute atomic E-state index is 14.3. The minimum absolute atomic E-state index is 0.0407. The van der Waals surface area contributed by atoms with E-state index in [4.69, 9.17) is 4.74 Å². The summed E-state index contributed by atoms with van der Waals surface area (Å²) < 4.78 is 5.73. The van der Waals surface area contributed by atoms with E-state index in [0.29, 0.717) is 13.0 Å². The van der Waals surface area contributed by atoms with Crippen molar-refractivity contribution in [3.63, 3.8) is 0 Å². The molecule has 0 spiro atoms. The predicted octanol–water partition coefficient (Wildman–Crippen LogP) is 3.79. The van der Waals surface area contributed by atoms with Gasteiger partial charge in [0, 0.05) is 13.0 Å². The lowest BCUT2D eigenvalue weighted by Gasteiger charge is -2.42. The fourth-order valence-corrected chi connectivity index (χ4v) is 5.95. The second-order valence-corrected chi connectivity index (χ2v) is 12.3. The number of ether oxygens (including phenoxy) is 1. The Kier molecular flexibility index (Phi) is 9.39. The van der Waals surface area contributed by atoms with Gasteiger partial charge in [0.15, 0.2) is 0 Å². The van der Waals surface area contributed by atoms with Gasteiger partial charge < -0.3 is 25.6 Å². The molecule has 8 nitrogen and oxygen atoms in total. The Bertz CT molecular complexity index is 1180. The van der Waals surface area contributed by atoms with E-state index in [1.807, 2.05) is 45.9 Å². The molecule has 3 aliphatic rings. The molecule has 40 heavy (non-hydrogen) atoms. The molecule has 3 amide bonds. The second kappa shape index (κ2) is 12.6. The largest absolute Gasteiger partial charge is 0.494 e. The first-order valence-electron chi connectivity index (χ1n) is 14.7. The summed E-state index contributed by atoms with van der Waals surface area (Å²) in [4.78, 5) is 42.9. The summed E-state index contributed by atoms with van der Waals surface area (Å²) in [6, 6.07) is 3.92. The minimum atomic E-state index is -0.798. The highest BCUT2D eigenvalue weighted by molar-refractivity contribution is 5.94. The number of benzene rings is 1. The molecule has 0 saturated heterocycles. The maximum atomic E-state index is 14.3. The van der Waals surface area contributed by atoms with Crippen LogP contribution in [0.25, 0.3) is 0 Å². The second-order valence-electron chi connectivity index (χ2n) is 12.3. The van der Waals surface area contributed by atoms with Gasteiger partial charge >= 0.3 is 0 Å². The number of fused-ring (bicyclic) bond motifs is 1.